The summed E-state index contributed by atoms with van der Waals surface area (Å²) in [6.45, 7) is 6.74. The molecule has 212 valence electrons. The molecule has 2 saturated heterocycles. The summed E-state index contributed by atoms with van der Waals surface area (Å²) in [4.78, 5) is 47.2. The topological polar surface area (TPSA) is 98.0 Å². The van der Waals surface area contributed by atoms with Gasteiger partial charge in [-0.3, -0.25) is 19.3 Å². The summed E-state index contributed by atoms with van der Waals surface area (Å²) in [7, 11) is 0. The zero-order chi connectivity index (χ0) is 28.4. The van der Waals surface area contributed by atoms with E-state index in [9.17, 15) is 14.4 Å². The van der Waals surface area contributed by atoms with E-state index in [-0.39, 0.29) is 39.6 Å². The zero-order valence-corrected chi connectivity index (χ0v) is 23.6. The molecule has 2 aromatic carbocycles. The first-order valence-corrected chi connectivity index (χ1v) is 13.9. The Morgan fingerprint density at radius 3 is 2.50 bits per heavy atom. The fourth-order valence-electron chi connectivity index (χ4n) is 5.10. The highest BCUT2D eigenvalue weighted by Gasteiger charge is 2.27. The van der Waals surface area contributed by atoms with Gasteiger partial charge in [-0.1, -0.05) is 29.3 Å². The summed E-state index contributed by atoms with van der Waals surface area (Å²) in [5.74, 6) is -1.16. The molecular formula is C28H30Cl2FN5O4. The number of hydrogen-bond acceptors (Lipinski definition) is 6. The number of H-pyrrole nitrogens is 1. The van der Waals surface area contributed by atoms with Crippen molar-refractivity contribution in [3.63, 3.8) is 0 Å². The highest BCUT2D eigenvalue weighted by molar-refractivity contribution is 6.38. The normalized spacial score (nSPS) is 16.4. The van der Waals surface area contributed by atoms with Crippen LogP contribution < -0.4 is 15.6 Å². The Balaban J connectivity index is 1.28. The lowest BCUT2D eigenvalue weighted by molar-refractivity contribution is -0.136. The lowest BCUT2D eigenvalue weighted by Crippen LogP contribution is -2.51. The van der Waals surface area contributed by atoms with Crippen LogP contribution in [0.5, 0.6) is 0 Å². The SMILES string of the molecule is Cc1cc(Cl)ccc1CNC(=O)c1c[nH]c2c(Cl)c(N3CCN(CC(=O)N4CCOCC4)CC3)c(F)cc2c1=O. The summed E-state index contributed by atoms with van der Waals surface area (Å²) in [5, 5.41) is 3.41. The van der Waals surface area contributed by atoms with E-state index in [1.807, 2.05) is 16.7 Å². The molecule has 2 amide bonds. The predicted molar refractivity (Wildman–Crippen MR) is 153 cm³/mol. The van der Waals surface area contributed by atoms with Crippen molar-refractivity contribution in [2.75, 3.05) is 63.9 Å². The number of aromatic nitrogens is 1. The Bertz CT molecular complexity index is 1500. The number of rotatable bonds is 6. The number of hydrogen-bond donors (Lipinski definition) is 2. The summed E-state index contributed by atoms with van der Waals surface area (Å²) < 4.78 is 20.7. The Morgan fingerprint density at radius 1 is 1.07 bits per heavy atom. The van der Waals surface area contributed by atoms with Crippen LogP contribution in [0.1, 0.15) is 21.5 Å². The first-order valence-electron chi connectivity index (χ1n) is 13.1. The molecule has 2 N–H and O–H groups in total. The van der Waals surface area contributed by atoms with E-state index in [1.165, 1.54) is 6.20 Å². The number of halogens is 3. The number of aromatic amines is 1. The van der Waals surface area contributed by atoms with Gasteiger partial charge < -0.3 is 24.8 Å². The number of morpholine rings is 1. The Morgan fingerprint density at radius 2 is 1.80 bits per heavy atom. The average molecular weight is 590 g/mol. The average Bonchev–Trinajstić information content (AvgIpc) is 2.94. The molecule has 0 bridgehead atoms. The molecule has 3 aromatic rings. The molecule has 40 heavy (non-hydrogen) atoms. The molecule has 0 atom stereocenters. The Hall–Kier alpha value is -3.18. The molecule has 2 aliphatic heterocycles. The van der Waals surface area contributed by atoms with Gasteiger partial charge in [0, 0.05) is 57.0 Å². The van der Waals surface area contributed by atoms with Gasteiger partial charge in [-0.2, -0.15) is 0 Å². The van der Waals surface area contributed by atoms with Crippen molar-refractivity contribution in [2.45, 2.75) is 13.5 Å². The van der Waals surface area contributed by atoms with Crippen LogP contribution in [0, 0.1) is 12.7 Å². The standard InChI is InChI=1S/C28H30Cl2FN5O4/c1-17-12-19(29)3-2-18(17)14-33-28(39)21-15-32-25-20(27(21)38)13-22(31)26(24(25)30)36-6-4-34(5-7-36)16-23(37)35-8-10-40-11-9-35/h2-3,12-13,15H,4-11,14,16H2,1H3,(H,32,38)(H,33,39). The largest absolute Gasteiger partial charge is 0.378 e. The van der Waals surface area contributed by atoms with E-state index in [4.69, 9.17) is 27.9 Å². The molecule has 2 aliphatic rings. The molecule has 3 heterocycles. The maximum atomic E-state index is 15.4. The molecule has 9 nitrogen and oxygen atoms in total. The maximum Gasteiger partial charge on any atom is 0.257 e. The minimum atomic E-state index is -0.643. The van der Waals surface area contributed by atoms with Gasteiger partial charge in [0.15, 0.2) is 0 Å². The van der Waals surface area contributed by atoms with E-state index in [2.05, 4.69) is 10.3 Å². The van der Waals surface area contributed by atoms with Gasteiger partial charge in [0.2, 0.25) is 11.3 Å². The van der Waals surface area contributed by atoms with Crippen LogP contribution in [0.3, 0.4) is 0 Å². The Labute approximate surface area is 240 Å². The van der Waals surface area contributed by atoms with Crippen molar-refractivity contribution in [2.24, 2.45) is 0 Å². The van der Waals surface area contributed by atoms with E-state index in [0.29, 0.717) is 64.0 Å². The second-order valence-corrected chi connectivity index (χ2v) is 10.8. The third-order valence-corrected chi connectivity index (χ3v) is 8.05. The van der Waals surface area contributed by atoms with Crippen molar-refractivity contribution in [3.8, 4) is 0 Å². The number of pyridine rings is 1. The lowest BCUT2D eigenvalue weighted by Gasteiger charge is -2.37. The number of nitrogens with one attached hydrogen (secondary N) is 2. The second kappa shape index (κ2) is 12.1. The monoisotopic (exact) mass is 589 g/mol. The minimum Gasteiger partial charge on any atom is -0.378 e. The number of ether oxygens (including phenoxy) is 1. The fourth-order valence-corrected chi connectivity index (χ4v) is 5.70. The smallest absolute Gasteiger partial charge is 0.257 e. The molecule has 0 spiro atoms. The van der Waals surface area contributed by atoms with E-state index < -0.39 is 17.2 Å². The first-order chi connectivity index (χ1) is 19.2. The van der Waals surface area contributed by atoms with Gasteiger partial charge >= 0.3 is 0 Å². The first kappa shape index (κ1) is 28.4. The molecule has 12 heteroatoms. The van der Waals surface area contributed by atoms with E-state index in [1.54, 1.807) is 23.1 Å². The zero-order valence-electron chi connectivity index (χ0n) is 22.1. The number of amides is 2. The molecule has 2 fully saturated rings. The molecular weight excluding hydrogens is 560 g/mol. The summed E-state index contributed by atoms with van der Waals surface area (Å²) in [5.41, 5.74) is 1.47. The highest BCUT2D eigenvalue weighted by Crippen LogP contribution is 2.35. The van der Waals surface area contributed by atoms with Gasteiger partial charge in [-0.05, 0) is 36.2 Å². The minimum absolute atomic E-state index is 0.00341. The number of anilines is 1. The molecule has 1 aromatic heterocycles. The number of piperazine rings is 1. The quantitative estimate of drug-likeness (QED) is 0.458. The van der Waals surface area contributed by atoms with Crippen molar-refractivity contribution >= 4 is 51.6 Å². The molecule has 0 saturated carbocycles. The van der Waals surface area contributed by atoms with Gasteiger partial charge in [-0.25, -0.2) is 4.39 Å². The van der Waals surface area contributed by atoms with Crippen molar-refractivity contribution in [1.29, 1.82) is 0 Å². The van der Waals surface area contributed by atoms with Crippen molar-refractivity contribution in [1.82, 2.24) is 20.1 Å². The van der Waals surface area contributed by atoms with Crippen LogP contribution in [0.15, 0.2) is 35.3 Å². The summed E-state index contributed by atoms with van der Waals surface area (Å²) in [6, 6.07) is 6.45. The number of fused-ring (bicyclic) bond motifs is 1. The fraction of sp³-hybridized carbons (Fsp3) is 0.393. The van der Waals surface area contributed by atoms with Crippen LogP contribution in [-0.2, 0) is 16.1 Å². The molecule has 0 unspecified atom stereocenters. The number of carbonyl (C=O) groups excluding carboxylic acids is 2. The number of nitrogens with zero attached hydrogens (tertiary/aromatic N) is 3. The van der Waals surface area contributed by atoms with Crippen molar-refractivity contribution in [3.05, 3.63) is 73.2 Å². The summed E-state index contributed by atoms with van der Waals surface area (Å²) in [6.07, 6.45) is 1.30. The number of aryl methyl sites for hydroxylation is 1. The maximum absolute atomic E-state index is 15.4. The van der Waals surface area contributed by atoms with Crippen LogP contribution in [-0.4, -0.2) is 85.6 Å². The highest BCUT2D eigenvalue weighted by atomic mass is 35.5. The van der Waals surface area contributed by atoms with E-state index >= 15 is 4.39 Å². The molecule has 0 aliphatic carbocycles. The van der Waals surface area contributed by atoms with Crippen LogP contribution in [0.4, 0.5) is 10.1 Å². The second-order valence-electron chi connectivity index (χ2n) is 9.98. The molecule has 0 radical (unpaired) electrons. The lowest BCUT2D eigenvalue weighted by atomic mass is 10.1. The van der Waals surface area contributed by atoms with Crippen LogP contribution in [0.25, 0.3) is 10.9 Å². The van der Waals surface area contributed by atoms with E-state index in [0.717, 1.165) is 17.2 Å². The van der Waals surface area contributed by atoms with Crippen molar-refractivity contribution < 1.29 is 18.7 Å². The number of benzene rings is 2. The van der Waals surface area contributed by atoms with Gasteiger partial charge in [0.05, 0.1) is 41.4 Å². The molecule has 5 rings (SSSR count). The summed E-state index contributed by atoms with van der Waals surface area (Å²) >= 11 is 12.6. The Kier molecular flexibility index (Phi) is 8.60. The van der Waals surface area contributed by atoms with Crippen LogP contribution in [0.2, 0.25) is 10.0 Å². The van der Waals surface area contributed by atoms with Gasteiger partial charge in [0.25, 0.3) is 5.91 Å². The predicted octanol–water partition coefficient (Wildman–Crippen LogP) is 3.19. The number of carbonyl (C=O) groups is 2. The third kappa shape index (κ3) is 5.95. The third-order valence-electron chi connectivity index (χ3n) is 7.44. The van der Waals surface area contributed by atoms with Crippen LogP contribution >= 0.6 is 23.2 Å². The van der Waals surface area contributed by atoms with Gasteiger partial charge in [-0.15, -0.1) is 0 Å². The van der Waals surface area contributed by atoms with Gasteiger partial charge in [0.1, 0.15) is 11.4 Å².